The topological polar surface area (TPSA) is 97.4 Å². The minimum absolute atomic E-state index is 0.00493. The standard InChI is InChI=1S/C17H19N3O3/c18-12-4-3-11(10-12)16(21)19-13-5-7-14(8-6-13)20-17(22)15-2-1-9-23-15/h1-2,5-9,11-12H,3-4,10,18H2,(H,19,21)(H,20,22). The van der Waals surface area contributed by atoms with Crippen LogP contribution in [0.15, 0.2) is 47.1 Å². The van der Waals surface area contributed by atoms with Crippen molar-refractivity contribution in [2.75, 3.05) is 10.6 Å². The van der Waals surface area contributed by atoms with E-state index < -0.39 is 0 Å². The third-order valence-corrected chi connectivity index (χ3v) is 4.00. The van der Waals surface area contributed by atoms with E-state index in [0.717, 1.165) is 19.3 Å². The molecule has 1 aliphatic carbocycles. The van der Waals surface area contributed by atoms with Crippen molar-refractivity contribution in [1.82, 2.24) is 0 Å². The molecule has 2 unspecified atom stereocenters. The van der Waals surface area contributed by atoms with E-state index >= 15 is 0 Å². The Kier molecular flexibility index (Phi) is 4.43. The van der Waals surface area contributed by atoms with Gasteiger partial charge in [-0.3, -0.25) is 9.59 Å². The quantitative estimate of drug-likeness (QED) is 0.808. The first-order valence-corrected chi connectivity index (χ1v) is 7.63. The van der Waals surface area contributed by atoms with Gasteiger partial charge in [-0.05, 0) is 55.7 Å². The summed E-state index contributed by atoms with van der Waals surface area (Å²) < 4.78 is 5.03. The van der Waals surface area contributed by atoms with E-state index in [1.165, 1.54) is 6.26 Å². The summed E-state index contributed by atoms with van der Waals surface area (Å²) in [6.07, 6.45) is 3.92. The molecule has 0 radical (unpaired) electrons. The summed E-state index contributed by atoms with van der Waals surface area (Å²) in [5.74, 6) is -0.0691. The zero-order valence-electron chi connectivity index (χ0n) is 12.6. The van der Waals surface area contributed by atoms with E-state index in [1.807, 2.05) is 0 Å². The van der Waals surface area contributed by atoms with Crippen LogP contribution < -0.4 is 16.4 Å². The third kappa shape index (κ3) is 3.78. The number of nitrogens with one attached hydrogen (secondary N) is 2. The van der Waals surface area contributed by atoms with Crippen molar-refractivity contribution in [3.63, 3.8) is 0 Å². The van der Waals surface area contributed by atoms with Crippen molar-refractivity contribution in [1.29, 1.82) is 0 Å². The third-order valence-electron chi connectivity index (χ3n) is 4.00. The van der Waals surface area contributed by atoms with E-state index in [2.05, 4.69) is 10.6 Å². The first-order valence-electron chi connectivity index (χ1n) is 7.63. The Labute approximate surface area is 134 Å². The van der Waals surface area contributed by atoms with E-state index in [-0.39, 0.29) is 29.5 Å². The molecule has 1 aromatic carbocycles. The lowest BCUT2D eigenvalue weighted by Gasteiger charge is -2.11. The van der Waals surface area contributed by atoms with Gasteiger partial charge < -0.3 is 20.8 Å². The summed E-state index contributed by atoms with van der Waals surface area (Å²) in [6, 6.07) is 10.4. The summed E-state index contributed by atoms with van der Waals surface area (Å²) in [6.45, 7) is 0. The number of amides is 2. The lowest BCUT2D eigenvalue weighted by Crippen LogP contribution is -2.23. The van der Waals surface area contributed by atoms with Crippen molar-refractivity contribution in [3.8, 4) is 0 Å². The van der Waals surface area contributed by atoms with Crippen molar-refractivity contribution >= 4 is 23.2 Å². The summed E-state index contributed by atoms with van der Waals surface area (Å²) in [4.78, 5) is 24.0. The monoisotopic (exact) mass is 313 g/mol. The van der Waals surface area contributed by atoms with Gasteiger partial charge in [0.05, 0.1) is 6.26 Å². The van der Waals surface area contributed by atoms with Gasteiger partial charge in [0, 0.05) is 23.3 Å². The molecule has 120 valence electrons. The van der Waals surface area contributed by atoms with E-state index in [9.17, 15) is 9.59 Å². The van der Waals surface area contributed by atoms with Crippen LogP contribution in [0.1, 0.15) is 29.8 Å². The number of carbonyl (C=O) groups excluding carboxylic acids is 2. The highest BCUT2D eigenvalue weighted by atomic mass is 16.3. The summed E-state index contributed by atoms with van der Waals surface area (Å²) >= 11 is 0. The highest BCUT2D eigenvalue weighted by molar-refractivity contribution is 6.02. The fourth-order valence-electron chi connectivity index (χ4n) is 2.74. The van der Waals surface area contributed by atoms with Crippen LogP contribution in [0.3, 0.4) is 0 Å². The molecule has 6 nitrogen and oxygen atoms in total. The molecule has 4 N–H and O–H groups in total. The van der Waals surface area contributed by atoms with Crippen molar-refractivity contribution < 1.29 is 14.0 Å². The van der Waals surface area contributed by atoms with Crippen LogP contribution in [0, 0.1) is 5.92 Å². The Hall–Kier alpha value is -2.60. The van der Waals surface area contributed by atoms with Gasteiger partial charge in [-0.25, -0.2) is 0 Å². The Morgan fingerprint density at radius 1 is 1.04 bits per heavy atom. The van der Waals surface area contributed by atoms with Gasteiger partial charge in [-0.1, -0.05) is 0 Å². The predicted molar refractivity (Wildman–Crippen MR) is 87.0 cm³/mol. The molecule has 3 rings (SSSR count). The fraction of sp³-hybridized carbons (Fsp3) is 0.294. The molecule has 2 atom stereocenters. The van der Waals surface area contributed by atoms with Crippen LogP contribution in [0.25, 0.3) is 0 Å². The molecule has 0 spiro atoms. The second-order valence-electron chi connectivity index (χ2n) is 5.77. The molecule has 1 heterocycles. The van der Waals surface area contributed by atoms with E-state index in [4.69, 9.17) is 10.2 Å². The number of nitrogens with two attached hydrogens (primary N) is 1. The van der Waals surface area contributed by atoms with Crippen LogP contribution in [-0.2, 0) is 4.79 Å². The molecule has 6 heteroatoms. The van der Waals surface area contributed by atoms with Gasteiger partial charge in [0.2, 0.25) is 5.91 Å². The summed E-state index contributed by atoms with van der Waals surface area (Å²) in [7, 11) is 0. The highest BCUT2D eigenvalue weighted by Crippen LogP contribution is 2.25. The predicted octanol–water partition coefficient (Wildman–Crippen LogP) is 2.60. The average Bonchev–Trinajstić information content (AvgIpc) is 3.20. The maximum Gasteiger partial charge on any atom is 0.291 e. The minimum Gasteiger partial charge on any atom is -0.459 e. The molecule has 1 aromatic heterocycles. The molecule has 23 heavy (non-hydrogen) atoms. The zero-order chi connectivity index (χ0) is 16.2. The fourth-order valence-corrected chi connectivity index (χ4v) is 2.74. The minimum atomic E-state index is -0.313. The van der Waals surface area contributed by atoms with Crippen molar-refractivity contribution in [2.24, 2.45) is 11.7 Å². The van der Waals surface area contributed by atoms with Crippen LogP contribution in [-0.4, -0.2) is 17.9 Å². The molecule has 1 saturated carbocycles. The Morgan fingerprint density at radius 2 is 1.74 bits per heavy atom. The SMILES string of the molecule is NC1CCC(C(=O)Nc2ccc(NC(=O)c3ccco3)cc2)C1. The van der Waals surface area contributed by atoms with Crippen LogP contribution >= 0.6 is 0 Å². The number of benzene rings is 1. The average molecular weight is 313 g/mol. The Bertz CT molecular complexity index is 680. The molecule has 1 fully saturated rings. The molecular formula is C17H19N3O3. The number of anilines is 2. The summed E-state index contributed by atoms with van der Waals surface area (Å²) in [5.41, 5.74) is 7.17. The number of carbonyl (C=O) groups is 2. The lowest BCUT2D eigenvalue weighted by molar-refractivity contribution is -0.119. The maximum absolute atomic E-state index is 12.1. The number of furan rings is 1. The van der Waals surface area contributed by atoms with Crippen LogP contribution in [0.2, 0.25) is 0 Å². The van der Waals surface area contributed by atoms with Gasteiger partial charge in [0.1, 0.15) is 0 Å². The molecule has 0 bridgehead atoms. The van der Waals surface area contributed by atoms with Crippen molar-refractivity contribution in [3.05, 3.63) is 48.4 Å². The smallest absolute Gasteiger partial charge is 0.291 e. The van der Waals surface area contributed by atoms with Crippen molar-refractivity contribution in [2.45, 2.75) is 25.3 Å². The molecule has 2 amide bonds. The van der Waals surface area contributed by atoms with E-state index in [0.29, 0.717) is 11.4 Å². The summed E-state index contributed by atoms with van der Waals surface area (Å²) in [5, 5.41) is 5.61. The molecular weight excluding hydrogens is 294 g/mol. The Balaban J connectivity index is 1.57. The maximum atomic E-state index is 12.1. The van der Waals surface area contributed by atoms with Gasteiger partial charge in [-0.15, -0.1) is 0 Å². The number of hydrogen-bond donors (Lipinski definition) is 3. The number of hydrogen-bond acceptors (Lipinski definition) is 4. The number of rotatable bonds is 4. The van der Waals surface area contributed by atoms with E-state index in [1.54, 1.807) is 36.4 Å². The first kappa shape index (κ1) is 15.3. The lowest BCUT2D eigenvalue weighted by atomic mass is 10.1. The van der Waals surface area contributed by atoms with Gasteiger partial charge in [0.25, 0.3) is 5.91 Å². The van der Waals surface area contributed by atoms with Gasteiger partial charge >= 0.3 is 0 Å². The first-order chi connectivity index (χ1) is 11.1. The normalized spacial score (nSPS) is 20.2. The zero-order valence-corrected chi connectivity index (χ0v) is 12.6. The van der Waals surface area contributed by atoms with Gasteiger partial charge in [-0.2, -0.15) is 0 Å². The van der Waals surface area contributed by atoms with Crippen LogP contribution in [0.5, 0.6) is 0 Å². The molecule has 0 saturated heterocycles. The second-order valence-corrected chi connectivity index (χ2v) is 5.77. The van der Waals surface area contributed by atoms with Crippen LogP contribution in [0.4, 0.5) is 11.4 Å². The Morgan fingerprint density at radius 3 is 2.30 bits per heavy atom. The molecule has 1 aliphatic rings. The second kappa shape index (κ2) is 6.66. The highest BCUT2D eigenvalue weighted by Gasteiger charge is 2.27. The molecule has 2 aromatic rings. The van der Waals surface area contributed by atoms with Gasteiger partial charge in [0.15, 0.2) is 5.76 Å². The largest absolute Gasteiger partial charge is 0.459 e. The molecule has 0 aliphatic heterocycles.